The molecule has 0 aliphatic carbocycles. The smallest absolute Gasteiger partial charge is 0.490 e. The number of nitrogens with zero attached hydrogens (tertiary/aromatic N) is 2. The number of piperidine rings is 1. The highest BCUT2D eigenvalue weighted by molar-refractivity contribution is 6.08. The van der Waals surface area contributed by atoms with Gasteiger partial charge in [0, 0.05) is 43.4 Å². The molecule has 0 bridgehead atoms. The van der Waals surface area contributed by atoms with E-state index in [1.54, 1.807) is 31.2 Å². The van der Waals surface area contributed by atoms with Gasteiger partial charge in [0.15, 0.2) is 5.78 Å². The minimum Gasteiger partial charge on any atom is -0.494 e. The standard InChI is InChI=1S/C32H42N4O7.C2HF3O2/c1-7-42-27-14-20-16-36(30(33)22(20)15-23(27)31(40)34-5)17-26(37)19-12-24(32(2,3)4)29(41-6)25(13-19)35-10-8-21(9-11-35)43-18-28(38)39;3-2(4,5)1(6)7/h12-15,21,33H,7-11,16-18H2,1-6H3,(H,34,40)(H,38,39);(H,6,7). The number of hydrogen-bond donors (Lipinski definition) is 4. The summed E-state index contributed by atoms with van der Waals surface area (Å²) in [7, 11) is 3.18. The number of benzene rings is 2. The number of ketones is 1. The maximum absolute atomic E-state index is 13.8. The molecule has 0 atom stereocenters. The van der Waals surface area contributed by atoms with E-state index in [0.29, 0.717) is 67.3 Å². The lowest BCUT2D eigenvalue weighted by Crippen LogP contribution is -2.38. The predicted molar refractivity (Wildman–Crippen MR) is 177 cm³/mol. The van der Waals surface area contributed by atoms with Gasteiger partial charge in [0.25, 0.3) is 5.91 Å². The summed E-state index contributed by atoms with van der Waals surface area (Å²) < 4.78 is 48.9. The lowest BCUT2D eigenvalue weighted by molar-refractivity contribution is -0.192. The first kappa shape index (κ1) is 39.6. The van der Waals surface area contributed by atoms with Gasteiger partial charge >= 0.3 is 18.1 Å². The summed E-state index contributed by atoms with van der Waals surface area (Å²) in [4.78, 5) is 50.0. The van der Waals surface area contributed by atoms with Crippen molar-refractivity contribution >= 4 is 35.2 Å². The highest BCUT2D eigenvalue weighted by atomic mass is 19.4. The first-order valence-electron chi connectivity index (χ1n) is 15.8. The molecule has 2 aromatic rings. The minimum atomic E-state index is -5.08. The number of aliphatic carboxylic acids is 2. The van der Waals surface area contributed by atoms with Crippen molar-refractivity contribution in [2.45, 2.75) is 64.8 Å². The van der Waals surface area contributed by atoms with Gasteiger partial charge in [-0.1, -0.05) is 20.8 Å². The second-order valence-corrected chi connectivity index (χ2v) is 12.7. The number of ether oxygens (including phenoxy) is 3. The monoisotopic (exact) mass is 708 g/mol. The molecule has 50 heavy (non-hydrogen) atoms. The van der Waals surface area contributed by atoms with Crippen LogP contribution >= 0.6 is 0 Å². The normalized spacial score (nSPS) is 14.8. The third kappa shape index (κ3) is 9.64. The van der Waals surface area contributed by atoms with Crippen LogP contribution in [0, 0.1) is 5.41 Å². The van der Waals surface area contributed by atoms with Crippen molar-refractivity contribution in [1.29, 1.82) is 5.41 Å². The fourth-order valence-electron chi connectivity index (χ4n) is 5.65. The van der Waals surface area contributed by atoms with Gasteiger partial charge in [-0.2, -0.15) is 13.2 Å². The number of amides is 1. The largest absolute Gasteiger partial charge is 0.494 e. The van der Waals surface area contributed by atoms with Gasteiger partial charge in [-0.15, -0.1) is 0 Å². The van der Waals surface area contributed by atoms with Crippen LogP contribution in [0.15, 0.2) is 24.3 Å². The molecule has 0 radical (unpaired) electrons. The molecule has 0 saturated carbocycles. The first-order valence-corrected chi connectivity index (χ1v) is 15.8. The molecule has 1 fully saturated rings. The van der Waals surface area contributed by atoms with Gasteiger partial charge in [0.2, 0.25) is 0 Å². The zero-order valence-corrected chi connectivity index (χ0v) is 28.8. The van der Waals surface area contributed by atoms with Crippen molar-refractivity contribution in [2.24, 2.45) is 0 Å². The van der Waals surface area contributed by atoms with Crippen molar-refractivity contribution < 1.29 is 56.8 Å². The Bertz CT molecular complexity index is 1610. The molecule has 16 heteroatoms. The number of rotatable bonds is 11. The van der Waals surface area contributed by atoms with Crippen LogP contribution in [0.2, 0.25) is 0 Å². The second-order valence-electron chi connectivity index (χ2n) is 12.7. The Morgan fingerprint density at radius 3 is 2.16 bits per heavy atom. The number of carboxylic acid groups (broad SMARTS) is 2. The number of carbonyl (C=O) groups excluding carboxylic acids is 2. The lowest BCUT2D eigenvalue weighted by Gasteiger charge is -2.36. The van der Waals surface area contributed by atoms with E-state index in [4.69, 9.17) is 34.6 Å². The second kappa shape index (κ2) is 16.2. The zero-order chi connectivity index (χ0) is 37.6. The summed E-state index contributed by atoms with van der Waals surface area (Å²) in [6.07, 6.45) is -3.91. The molecule has 2 aliphatic rings. The Morgan fingerprint density at radius 2 is 1.66 bits per heavy atom. The van der Waals surface area contributed by atoms with Gasteiger partial charge in [-0.05, 0) is 55.0 Å². The van der Waals surface area contributed by atoms with Crippen molar-refractivity contribution in [1.82, 2.24) is 10.2 Å². The van der Waals surface area contributed by atoms with Crippen LogP contribution in [0.1, 0.15) is 77.9 Å². The van der Waals surface area contributed by atoms with Crippen molar-refractivity contribution in [3.05, 3.63) is 52.1 Å². The number of anilines is 1. The quantitative estimate of drug-likeness (QED) is 0.242. The summed E-state index contributed by atoms with van der Waals surface area (Å²) in [5.41, 5.74) is 3.70. The first-order chi connectivity index (χ1) is 23.3. The Labute approximate surface area is 287 Å². The summed E-state index contributed by atoms with van der Waals surface area (Å²) in [6.45, 7) is 9.74. The summed E-state index contributed by atoms with van der Waals surface area (Å²) >= 11 is 0. The molecular weight excluding hydrogens is 665 g/mol. The topological polar surface area (TPSA) is 179 Å². The average molecular weight is 709 g/mol. The summed E-state index contributed by atoms with van der Waals surface area (Å²) in [5.74, 6) is -2.83. The molecule has 4 rings (SSSR count). The molecule has 0 unspecified atom stereocenters. The SMILES string of the molecule is CCOc1cc2c(cc1C(=O)NC)C(=N)N(CC(=O)c1cc(N3CCC(OCC(=O)O)CC3)c(OC)c(C(C)(C)C)c1)C2.O=C(O)C(F)(F)F. The molecule has 1 saturated heterocycles. The number of nitrogens with one attached hydrogen (secondary N) is 2. The van der Waals surface area contributed by atoms with Crippen LogP contribution in [-0.4, -0.2) is 104 Å². The van der Waals surface area contributed by atoms with Crippen LogP contribution in [0.3, 0.4) is 0 Å². The van der Waals surface area contributed by atoms with Gasteiger partial charge in [-0.3, -0.25) is 15.0 Å². The highest BCUT2D eigenvalue weighted by Crippen LogP contribution is 2.41. The highest BCUT2D eigenvalue weighted by Gasteiger charge is 2.38. The molecule has 274 valence electrons. The van der Waals surface area contributed by atoms with E-state index in [1.807, 2.05) is 19.1 Å². The third-order valence-corrected chi connectivity index (χ3v) is 8.12. The Hall–Kier alpha value is -4.86. The molecule has 1 amide bonds. The number of methoxy groups -OCH3 is 1. The number of fused-ring (bicyclic) bond motifs is 1. The van der Waals surface area contributed by atoms with E-state index in [0.717, 1.165) is 16.8 Å². The van der Waals surface area contributed by atoms with E-state index in [1.165, 1.54) is 0 Å². The minimum absolute atomic E-state index is 0.00670. The maximum atomic E-state index is 13.8. The molecule has 0 spiro atoms. The molecule has 0 aromatic heterocycles. The number of hydrogen-bond acceptors (Lipinski definition) is 9. The van der Waals surface area contributed by atoms with E-state index in [-0.39, 0.29) is 42.2 Å². The molecule has 2 heterocycles. The molecule has 13 nitrogen and oxygen atoms in total. The fourth-order valence-corrected chi connectivity index (χ4v) is 5.65. The van der Waals surface area contributed by atoms with Crippen LogP contribution in [-0.2, 0) is 26.3 Å². The molecular formula is C34H43F3N4O9. The zero-order valence-electron chi connectivity index (χ0n) is 28.8. The Morgan fingerprint density at radius 1 is 1.04 bits per heavy atom. The third-order valence-electron chi connectivity index (χ3n) is 8.12. The van der Waals surface area contributed by atoms with Crippen molar-refractivity contribution in [2.75, 3.05) is 51.9 Å². The number of Topliss-reactive ketones (excluding diaryl/α,β-unsaturated/α-hetero) is 1. The van der Waals surface area contributed by atoms with E-state index in [9.17, 15) is 27.6 Å². The van der Waals surface area contributed by atoms with Crippen molar-refractivity contribution in [3.8, 4) is 11.5 Å². The van der Waals surface area contributed by atoms with Gasteiger partial charge in [0.1, 0.15) is 23.9 Å². The van der Waals surface area contributed by atoms with Crippen molar-refractivity contribution in [3.63, 3.8) is 0 Å². The number of alkyl halides is 3. The Balaban J connectivity index is 0.000000872. The van der Waals surface area contributed by atoms with Gasteiger partial charge < -0.3 is 39.5 Å². The maximum Gasteiger partial charge on any atom is 0.490 e. The number of halogens is 3. The lowest BCUT2D eigenvalue weighted by atomic mass is 9.84. The predicted octanol–water partition coefficient (Wildman–Crippen LogP) is 4.48. The van der Waals surface area contributed by atoms with E-state index >= 15 is 0 Å². The van der Waals surface area contributed by atoms with Crippen LogP contribution in [0.5, 0.6) is 11.5 Å². The summed E-state index contributed by atoms with van der Waals surface area (Å²) in [5, 5.41) is 27.5. The van der Waals surface area contributed by atoms with E-state index < -0.39 is 18.1 Å². The van der Waals surface area contributed by atoms with E-state index in [2.05, 4.69) is 31.0 Å². The van der Waals surface area contributed by atoms with Crippen LogP contribution < -0.4 is 19.7 Å². The fraction of sp³-hybridized carbons (Fsp3) is 0.500. The average Bonchev–Trinajstić information content (AvgIpc) is 3.35. The number of carbonyl (C=O) groups is 4. The Kier molecular flexibility index (Phi) is 12.8. The molecule has 2 aliphatic heterocycles. The summed E-state index contributed by atoms with van der Waals surface area (Å²) in [6, 6.07) is 7.20. The molecule has 2 aromatic carbocycles. The van der Waals surface area contributed by atoms with Crippen LogP contribution in [0.25, 0.3) is 0 Å². The number of amidine groups is 1. The van der Waals surface area contributed by atoms with Crippen LogP contribution in [0.4, 0.5) is 18.9 Å². The van der Waals surface area contributed by atoms with Gasteiger partial charge in [-0.25, -0.2) is 9.59 Å². The van der Waals surface area contributed by atoms with Gasteiger partial charge in [0.05, 0.1) is 37.6 Å². The number of carboxylic acids is 2. The molecule has 4 N–H and O–H groups in total.